The fourth-order valence-electron chi connectivity index (χ4n) is 0.663. The Kier molecular flexibility index (Phi) is 1.56. The van der Waals surface area contributed by atoms with E-state index in [-0.39, 0.29) is 0 Å². The van der Waals surface area contributed by atoms with Gasteiger partial charge in [0.2, 0.25) is 0 Å². The summed E-state index contributed by atoms with van der Waals surface area (Å²) >= 11 is 3.03. The molecule has 0 fully saturated rings. The second kappa shape index (κ2) is 2.20. The molecule has 0 aliphatic heterocycles. The van der Waals surface area contributed by atoms with E-state index in [1.165, 1.54) is 10.4 Å². The molecule has 2 aliphatic rings. The summed E-state index contributed by atoms with van der Waals surface area (Å²) in [6.07, 6.45) is 0. The minimum Gasteiger partial charge on any atom is -0.281 e. The van der Waals surface area contributed by atoms with E-state index in [0.29, 0.717) is 0 Å². The van der Waals surface area contributed by atoms with E-state index >= 15 is 0 Å². The van der Waals surface area contributed by atoms with Crippen LogP contribution < -0.4 is 5.14 Å². The molecule has 2 N–H and O–H groups in total. The van der Waals surface area contributed by atoms with Crippen LogP contribution in [0.15, 0.2) is 24.3 Å². The predicted octanol–water partition coefficient (Wildman–Crippen LogP) is 1.08. The number of benzene rings is 1. The molecular weight excluding hydrogens is 118 g/mol. The second-order valence-corrected chi connectivity index (χ2v) is 1.58. The first-order valence-electron chi connectivity index (χ1n) is 2.33. The Morgan fingerprint density at radius 3 is 1.12 bits per heavy atom. The number of nitrogens with two attached hydrogens (primary N) is 1. The number of hydrogen-bond acceptors (Lipinski definition) is 2. The first kappa shape index (κ1) is 5.66. The molecule has 0 saturated heterocycles. The Labute approximate surface area is 53.4 Å². The molecule has 0 atom stereocenters. The van der Waals surface area contributed by atoms with Crippen molar-refractivity contribution >= 4 is 12.8 Å². The molecule has 0 spiro atoms. The Morgan fingerprint density at radius 2 is 1.12 bits per heavy atom. The van der Waals surface area contributed by atoms with Crippen LogP contribution in [0, 0.1) is 10.4 Å². The van der Waals surface area contributed by atoms with Gasteiger partial charge in [-0.3, -0.25) is 5.14 Å². The summed E-state index contributed by atoms with van der Waals surface area (Å²) in [6, 6.07) is 8.48. The van der Waals surface area contributed by atoms with Crippen LogP contribution in [0.2, 0.25) is 0 Å². The van der Waals surface area contributed by atoms with Crippen molar-refractivity contribution in [2.24, 2.45) is 5.14 Å². The molecule has 0 bridgehead atoms. The quantitative estimate of drug-likeness (QED) is 0.506. The fraction of sp³-hybridized carbons (Fsp3) is 0. The summed E-state index contributed by atoms with van der Waals surface area (Å²) in [6.45, 7) is 0. The highest BCUT2D eigenvalue weighted by molar-refractivity contribution is 7.77. The highest BCUT2D eigenvalue weighted by Crippen LogP contribution is 2.04. The van der Waals surface area contributed by atoms with Gasteiger partial charge in [0.25, 0.3) is 0 Å². The maximum atomic E-state index is 4.19. The lowest BCUT2D eigenvalue weighted by molar-refractivity contribution is 1.38. The van der Waals surface area contributed by atoms with Crippen LogP contribution >= 0.6 is 12.8 Å². The van der Waals surface area contributed by atoms with Gasteiger partial charge in [0.05, 0.1) is 0 Å². The van der Waals surface area contributed by atoms with Gasteiger partial charge in [0, 0.05) is 0 Å². The number of thiol groups is 1. The molecule has 0 amide bonds. The van der Waals surface area contributed by atoms with Crippen LogP contribution in [0.3, 0.4) is 0 Å². The molecule has 2 heteroatoms. The maximum absolute atomic E-state index is 4.19. The zero-order valence-electron chi connectivity index (χ0n) is 4.33. The van der Waals surface area contributed by atoms with Crippen molar-refractivity contribution in [2.45, 2.75) is 0 Å². The summed E-state index contributed by atoms with van der Waals surface area (Å²) in [5.41, 5.74) is 0. The van der Waals surface area contributed by atoms with E-state index in [9.17, 15) is 0 Å². The number of rotatable bonds is 0. The molecule has 2 aliphatic carbocycles. The largest absolute Gasteiger partial charge is 0.281 e. The van der Waals surface area contributed by atoms with Gasteiger partial charge in [0.15, 0.2) is 0 Å². The lowest BCUT2D eigenvalue weighted by Crippen LogP contribution is -1.80. The van der Waals surface area contributed by atoms with Crippen LogP contribution in [0.25, 0.3) is 0 Å². The van der Waals surface area contributed by atoms with Crippen LogP contribution in [0.5, 0.6) is 0 Å². The average molecular weight is 125 g/mol. The number of hydrogen-bond donors (Lipinski definition) is 2. The van der Waals surface area contributed by atoms with Crippen molar-refractivity contribution in [1.82, 2.24) is 0 Å². The molecule has 0 aromatic carbocycles. The fourth-order valence-corrected chi connectivity index (χ4v) is 0.663. The van der Waals surface area contributed by atoms with Gasteiger partial charge in [-0.25, -0.2) is 0 Å². The van der Waals surface area contributed by atoms with Crippen molar-refractivity contribution in [2.75, 3.05) is 0 Å². The standard InChI is InChI=1S/C6H4.H3NS/c1-2-6-4-3-5(1)6;1-2/h1-4H;2H,1H2. The maximum Gasteiger partial charge on any atom is -0.0184 e. The summed E-state index contributed by atoms with van der Waals surface area (Å²) in [7, 11) is 0. The molecule has 0 heterocycles. The van der Waals surface area contributed by atoms with Crippen molar-refractivity contribution in [3.8, 4) is 0 Å². The Balaban J connectivity index is 0.000000147. The minimum atomic E-state index is 1.43. The molecule has 42 valence electrons. The van der Waals surface area contributed by atoms with E-state index in [1.54, 1.807) is 0 Å². The van der Waals surface area contributed by atoms with Crippen molar-refractivity contribution < 1.29 is 0 Å². The lowest BCUT2D eigenvalue weighted by Gasteiger charge is -1.95. The van der Waals surface area contributed by atoms with Gasteiger partial charge in [-0.1, -0.05) is 24.3 Å². The summed E-state index contributed by atoms with van der Waals surface area (Å²) in [4.78, 5) is 0. The monoisotopic (exact) mass is 125 g/mol. The van der Waals surface area contributed by atoms with Gasteiger partial charge in [0.1, 0.15) is 0 Å². The highest BCUT2D eigenvalue weighted by atomic mass is 32.1. The van der Waals surface area contributed by atoms with Gasteiger partial charge >= 0.3 is 0 Å². The van der Waals surface area contributed by atoms with Crippen LogP contribution in [0.4, 0.5) is 0 Å². The first-order chi connectivity index (χ1) is 3.97. The molecule has 2 rings (SSSR count). The summed E-state index contributed by atoms with van der Waals surface area (Å²) in [5.74, 6) is 0. The SMILES string of the molecule is NS.c1cc2ccc1=2. The third-order valence-electron chi connectivity index (χ3n) is 1.22. The molecule has 0 saturated carbocycles. The molecule has 0 radical (unpaired) electrons. The van der Waals surface area contributed by atoms with Gasteiger partial charge < -0.3 is 0 Å². The minimum absolute atomic E-state index is 1.43. The van der Waals surface area contributed by atoms with Crippen LogP contribution in [-0.4, -0.2) is 0 Å². The van der Waals surface area contributed by atoms with E-state index < -0.39 is 0 Å². The smallest absolute Gasteiger partial charge is 0.0184 e. The Morgan fingerprint density at radius 1 is 0.875 bits per heavy atom. The Bertz CT molecular complexity index is 205. The predicted molar refractivity (Wildman–Crippen MR) is 37.3 cm³/mol. The van der Waals surface area contributed by atoms with Crippen molar-refractivity contribution in [3.05, 3.63) is 34.7 Å². The van der Waals surface area contributed by atoms with E-state index in [0.717, 1.165) is 0 Å². The van der Waals surface area contributed by atoms with Crippen molar-refractivity contribution in [3.63, 3.8) is 0 Å². The molecule has 1 nitrogen and oxygen atoms in total. The van der Waals surface area contributed by atoms with Crippen LogP contribution in [0.1, 0.15) is 0 Å². The van der Waals surface area contributed by atoms with Gasteiger partial charge in [-0.2, -0.15) is 0 Å². The van der Waals surface area contributed by atoms with Gasteiger partial charge in [-0.15, -0.1) is 12.8 Å². The molecule has 0 unspecified atom stereocenters. The summed E-state index contributed by atoms with van der Waals surface area (Å²) < 4.78 is 0. The van der Waals surface area contributed by atoms with E-state index in [2.05, 4.69) is 42.2 Å². The zero-order chi connectivity index (χ0) is 5.98. The van der Waals surface area contributed by atoms with Crippen molar-refractivity contribution in [1.29, 1.82) is 0 Å². The third kappa shape index (κ3) is 0.620. The topological polar surface area (TPSA) is 26.0 Å². The third-order valence-corrected chi connectivity index (χ3v) is 1.22. The van der Waals surface area contributed by atoms with E-state index in [1.807, 2.05) is 0 Å². The Hall–Kier alpha value is -0.470. The molecular formula is C6H7NS. The molecule has 0 aromatic rings. The normalized spacial score (nSPS) is 9.25. The van der Waals surface area contributed by atoms with E-state index in [4.69, 9.17) is 0 Å². The summed E-state index contributed by atoms with van der Waals surface area (Å²) in [5, 5.41) is 7.05. The average Bonchev–Trinajstić information content (AvgIpc) is 1.83. The lowest BCUT2D eigenvalue weighted by atomic mass is 10.1. The molecule has 0 aromatic heterocycles. The molecule has 8 heavy (non-hydrogen) atoms. The van der Waals surface area contributed by atoms with Crippen LogP contribution in [-0.2, 0) is 0 Å². The van der Waals surface area contributed by atoms with Gasteiger partial charge in [-0.05, 0) is 10.4 Å². The second-order valence-electron chi connectivity index (χ2n) is 1.58. The highest BCUT2D eigenvalue weighted by Gasteiger charge is 1.88. The first-order valence-corrected chi connectivity index (χ1v) is 2.85. The zero-order valence-corrected chi connectivity index (χ0v) is 5.23.